The van der Waals surface area contributed by atoms with Gasteiger partial charge in [-0.1, -0.05) is 12.1 Å². The van der Waals surface area contributed by atoms with Crippen LogP contribution in [0.4, 0.5) is 10.5 Å². The van der Waals surface area contributed by atoms with Crippen molar-refractivity contribution in [2.45, 2.75) is 33.0 Å². The summed E-state index contributed by atoms with van der Waals surface area (Å²) >= 11 is 0. The molecule has 1 amide bonds. The summed E-state index contributed by atoms with van der Waals surface area (Å²) in [6.45, 7) is 8.60. The van der Waals surface area contributed by atoms with Gasteiger partial charge in [0.25, 0.3) is 0 Å². The number of aliphatic hydroxyl groups is 1. The van der Waals surface area contributed by atoms with Gasteiger partial charge in [0.1, 0.15) is 5.60 Å². The highest BCUT2D eigenvalue weighted by Gasteiger charge is 2.25. The van der Waals surface area contributed by atoms with Crippen LogP contribution in [-0.2, 0) is 11.3 Å². The van der Waals surface area contributed by atoms with Crippen molar-refractivity contribution in [1.29, 1.82) is 0 Å². The number of ether oxygens (including phenoxy) is 1. The molecule has 5 heteroatoms. The van der Waals surface area contributed by atoms with E-state index in [9.17, 15) is 4.79 Å². The lowest BCUT2D eigenvalue weighted by Crippen LogP contribution is -2.50. The Morgan fingerprint density at radius 1 is 1.14 bits per heavy atom. The molecular formula is C16H24N2O3. The molecule has 0 bridgehead atoms. The Balaban J connectivity index is 1.89. The smallest absolute Gasteiger partial charge is 0.410 e. The molecule has 0 aliphatic carbocycles. The average molecular weight is 292 g/mol. The summed E-state index contributed by atoms with van der Waals surface area (Å²) < 4.78 is 5.39. The summed E-state index contributed by atoms with van der Waals surface area (Å²) in [5.41, 5.74) is 1.58. The maximum absolute atomic E-state index is 12.0. The summed E-state index contributed by atoms with van der Waals surface area (Å²) in [5.74, 6) is 0. The molecule has 1 aliphatic heterocycles. The minimum absolute atomic E-state index is 0.0622. The Bertz CT molecular complexity index is 471. The van der Waals surface area contributed by atoms with Crippen LogP contribution in [0.2, 0.25) is 0 Å². The molecule has 5 nitrogen and oxygen atoms in total. The van der Waals surface area contributed by atoms with Crippen LogP contribution in [0, 0.1) is 0 Å². The van der Waals surface area contributed by atoms with E-state index in [1.54, 1.807) is 4.90 Å². The third-order valence-electron chi connectivity index (χ3n) is 3.42. The molecule has 0 saturated carbocycles. The second kappa shape index (κ2) is 6.35. The van der Waals surface area contributed by atoms with E-state index in [1.165, 1.54) is 0 Å². The zero-order valence-corrected chi connectivity index (χ0v) is 13.0. The van der Waals surface area contributed by atoms with Crippen LogP contribution in [0.15, 0.2) is 24.3 Å². The molecule has 1 fully saturated rings. The van der Waals surface area contributed by atoms with Gasteiger partial charge >= 0.3 is 6.09 Å². The SMILES string of the molecule is CC(C)(C)OC(=O)N1CCN(c2ccc(CO)cc2)CC1. The molecule has 0 atom stereocenters. The van der Waals surface area contributed by atoms with Gasteiger partial charge in [-0.3, -0.25) is 0 Å². The number of hydrogen-bond acceptors (Lipinski definition) is 4. The summed E-state index contributed by atoms with van der Waals surface area (Å²) in [6, 6.07) is 7.87. The maximum Gasteiger partial charge on any atom is 0.410 e. The number of benzene rings is 1. The van der Waals surface area contributed by atoms with Crippen LogP contribution in [-0.4, -0.2) is 47.9 Å². The van der Waals surface area contributed by atoms with E-state index >= 15 is 0 Å². The first-order valence-electron chi connectivity index (χ1n) is 7.32. The normalized spacial score (nSPS) is 16.0. The Labute approximate surface area is 126 Å². The van der Waals surface area contributed by atoms with E-state index in [4.69, 9.17) is 9.84 Å². The molecule has 1 heterocycles. The molecule has 1 saturated heterocycles. The van der Waals surface area contributed by atoms with Gasteiger partial charge in [0, 0.05) is 31.9 Å². The summed E-state index contributed by atoms with van der Waals surface area (Å²) in [4.78, 5) is 16.0. The van der Waals surface area contributed by atoms with Crippen LogP contribution in [0.3, 0.4) is 0 Å². The van der Waals surface area contributed by atoms with Crippen molar-refractivity contribution >= 4 is 11.8 Å². The molecule has 0 radical (unpaired) electrons. The molecular weight excluding hydrogens is 268 g/mol. The number of hydrogen-bond donors (Lipinski definition) is 1. The predicted molar refractivity (Wildman–Crippen MR) is 82.4 cm³/mol. The van der Waals surface area contributed by atoms with Gasteiger partial charge in [0.15, 0.2) is 0 Å². The van der Waals surface area contributed by atoms with Crippen molar-refractivity contribution in [3.63, 3.8) is 0 Å². The van der Waals surface area contributed by atoms with Crippen LogP contribution in [0.1, 0.15) is 26.3 Å². The molecule has 1 aromatic rings. The molecule has 0 spiro atoms. The lowest BCUT2D eigenvalue weighted by atomic mass is 10.2. The zero-order chi connectivity index (χ0) is 15.5. The summed E-state index contributed by atoms with van der Waals surface area (Å²) in [7, 11) is 0. The van der Waals surface area contributed by atoms with Gasteiger partial charge in [-0.15, -0.1) is 0 Å². The van der Waals surface area contributed by atoms with E-state index in [-0.39, 0.29) is 12.7 Å². The molecule has 1 aliphatic rings. The zero-order valence-electron chi connectivity index (χ0n) is 13.0. The first-order chi connectivity index (χ1) is 9.89. The second-order valence-corrected chi connectivity index (χ2v) is 6.28. The van der Waals surface area contributed by atoms with Crippen LogP contribution >= 0.6 is 0 Å². The molecule has 116 valence electrons. The van der Waals surface area contributed by atoms with Crippen LogP contribution < -0.4 is 4.90 Å². The minimum atomic E-state index is -0.450. The van der Waals surface area contributed by atoms with E-state index in [0.717, 1.165) is 24.3 Å². The third kappa shape index (κ3) is 4.36. The number of nitrogens with zero attached hydrogens (tertiary/aromatic N) is 2. The maximum atomic E-state index is 12.0. The predicted octanol–water partition coefficient (Wildman–Crippen LogP) is 2.24. The molecule has 21 heavy (non-hydrogen) atoms. The van der Waals surface area contributed by atoms with Gasteiger partial charge in [-0.2, -0.15) is 0 Å². The van der Waals surface area contributed by atoms with E-state index in [0.29, 0.717) is 13.1 Å². The van der Waals surface area contributed by atoms with Crippen molar-refractivity contribution in [3.05, 3.63) is 29.8 Å². The number of amides is 1. The lowest BCUT2D eigenvalue weighted by Gasteiger charge is -2.36. The standard InChI is InChI=1S/C16H24N2O3/c1-16(2,3)21-15(20)18-10-8-17(9-11-18)14-6-4-13(12-19)5-7-14/h4-7,19H,8-12H2,1-3H3. The highest BCUT2D eigenvalue weighted by molar-refractivity contribution is 5.68. The Morgan fingerprint density at radius 3 is 2.19 bits per heavy atom. The van der Waals surface area contributed by atoms with Crippen molar-refractivity contribution in [2.24, 2.45) is 0 Å². The van der Waals surface area contributed by atoms with Crippen molar-refractivity contribution in [3.8, 4) is 0 Å². The second-order valence-electron chi connectivity index (χ2n) is 6.28. The summed E-state index contributed by atoms with van der Waals surface area (Å²) in [5, 5.41) is 9.06. The monoisotopic (exact) mass is 292 g/mol. The van der Waals surface area contributed by atoms with Crippen molar-refractivity contribution < 1.29 is 14.6 Å². The quantitative estimate of drug-likeness (QED) is 0.908. The number of anilines is 1. The Morgan fingerprint density at radius 2 is 1.71 bits per heavy atom. The highest BCUT2D eigenvalue weighted by atomic mass is 16.6. The summed E-state index contributed by atoms with van der Waals surface area (Å²) in [6.07, 6.45) is -0.238. The molecule has 2 rings (SSSR count). The van der Waals surface area contributed by atoms with Gasteiger partial charge in [0.2, 0.25) is 0 Å². The lowest BCUT2D eigenvalue weighted by molar-refractivity contribution is 0.0240. The van der Waals surface area contributed by atoms with Crippen molar-refractivity contribution in [2.75, 3.05) is 31.1 Å². The number of carbonyl (C=O) groups is 1. The number of rotatable bonds is 2. The Hall–Kier alpha value is -1.75. The molecule has 0 aromatic heterocycles. The molecule has 1 aromatic carbocycles. The fraction of sp³-hybridized carbons (Fsp3) is 0.562. The molecule has 0 unspecified atom stereocenters. The first kappa shape index (κ1) is 15.6. The van der Waals surface area contributed by atoms with E-state index in [2.05, 4.69) is 4.90 Å². The molecule has 1 N–H and O–H groups in total. The third-order valence-corrected chi connectivity index (χ3v) is 3.42. The number of piperazine rings is 1. The van der Waals surface area contributed by atoms with Crippen LogP contribution in [0.25, 0.3) is 0 Å². The fourth-order valence-corrected chi connectivity index (χ4v) is 2.29. The van der Waals surface area contributed by atoms with Gasteiger partial charge in [-0.05, 0) is 38.5 Å². The van der Waals surface area contributed by atoms with Crippen molar-refractivity contribution in [1.82, 2.24) is 4.90 Å². The van der Waals surface area contributed by atoms with Gasteiger partial charge < -0.3 is 19.6 Å². The largest absolute Gasteiger partial charge is 0.444 e. The first-order valence-corrected chi connectivity index (χ1v) is 7.32. The van der Waals surface area contributed by atoms with E-state index < -0.39 is 5.60 Å². The van der Waals surface area contributed by atoms with Crippen LogP contribution in [0.5, 0.6) is 0 Å². The van der Waals surface area contributed by atoms with Gasteiger partial charge in [0.05, 0.1) is 6.61 Å². The number of carbonyl (C=O) groups excluding carboxylic acids is 1. The number of aliphatic hydroxyl groups excluding tert-OH is 1. The minimum Gasteiger partial charge on any atom is -0.444 e. The Kier molecular flexibility index (Phi) is 4.73. The topological polar surface area (TPSA) is 53.0 Å². The average Bonchev–Trinajstić information content (AvgIpc) is 2.46. The van der Waals surface area contributed by atoms with Gasteiger partial charge in [-0.25, -0.2) is 4.79 Å². The fourth-order valence-electron chi connectivity index (χ4n) is 2.29. The van der Waals surface area contributed by atoms with E-state index in [1.807, 2.05) is 45.0 Å². The highest BCUT2D eigenvalue weighted by Crippen LogP contribution is 2.18.